The second-order valence-electron chi connectivity index (χ2n) is 4.98. The van der Waals surface area contributed by atoms with Crippen molar-refractivity contribution in [1.82, 2.24) is 0 Å². The summed E-state index contributed by atoms with van der Waals surface area (Å²) in [5.41, 5.74) is 0.930. The number of nitrogens with zero attached hydrogens (tertiary/aromatic N) is 1. The maximum Gasteiger partial charge on any atom is 0.261 e. The molecule has 6 nitrogen and oxygen atoms in total. The zero-order valence-corrected chi connectivity index (χ0v) is 13.7. The predicted octanol–water partition coefficient (Wildman–Crippen LogP) is 2.69. The van der Waals surface area contributed by atoms with E-state index in [1.54, 1.807) is 0 Å². The zero-order chi connectivity index (χ0) is 17.3. The Hall–Kier alpha value is -2.57. The van der Waals surface area contributed by atoms with Crippen LogP contribution in [0.25, 0.3) is 0 Å². The van der Waals surface area contributed by atoms with E-state index in [1.807, 2.05) is 5.40 Å². The molecule has 1 aliphatic rings. The molecule has 0 aliphatic carbocycles. The van der Waals surface area contributed by atoms with Crippen molar-refractivity contribution in [2.75, 3.05) is 10.0 Å². The SMILES string of the molecule is N#CSc1ccc(NS(=O)(=O)c2ccc3c(c2)CC(=O)N3)c(F)c1. The normalized spacial score (nSPS) is 13.1. The van der Waals surface area contributed by atoms with Crippen molar-refractivity contribution in [3.63, 3.8) is 0 Å². The number of sulfonamides is 1. The van der Waals surface area contributed by atoms with Crippen molar-refractivity contribution in [2.45, 2.75) is 16.2 Å². The molecule has 2 N–H and O–H groups in total. The molecule has 0 aromatic heterocycles. The molecule has 0 atom stereocenters. The number of carbonyl (C=O) groups excluding carboxylic acids is 1. The van der Waals surface area contributed by atoms with Gasteiger partial charge in [0, 0.05) is 10.6 Å². The minimum atomic E-state index is -4.00. The van der Waals surface area contributed by atoms with E-state index < -0.39 is 15.8 Å². The molecule has 1 heterocycles. The molecule has 0 bridgehead atoms. The molecular formula is C15H10FN3O3S2. The first-order valence-electron chi connectivity index (χ1n) is 6.70. The quantitative estimate of drug-likeness (QED) is 0.643. The van der Waals surface area contributed by atoms with E-state index in [9.17, 15) is 17.6 Å². The maximum atomic E-state index is 14.0. The molecule has 24 heavy (non-hydrogen) atoms. The fraction of sp³-hybridized carbons (Fsp3) is 0.0667. The fourth-order valence-corrected chi connectivity index (χ4v) is 3.79. The summed E-state index contributed by atoms with van der Waals surface area (Å²) in [6.07, 6.45) is 0.104. The first-order valence-corrected chi connectivity index (χ1v) is 9.00. The second-order valence-corrected chi connectivity index (χ2v) is 7.52. The Labute approximate surface area is 141 Å². The van der Waals surface area contributed by atoms with Crippen LogP contribution in [0.15, 0.2) is 46.2 Å². The lowest BCUT2D eigenvalue weighted by Crippen LogP contribution is -2.14. The number of rotatable bonds is 4. The summed E-state index contributed by atoms with van der Waals surface area (Å²) >= 11 is 0.776. The van der Waals surface area contributed by atoms with Crippen LogP contribution in [0.4, 0.5) is 15.8 Å². The van der Waals surface area contributed by atoms with Crippen molar-refractivity contribution in [3.05, 3.63) is 47.8 Å². The Bertz CT molecular complexity index is 984. The van der Waals surface area contributed by atoms with E-state index in [-0.39, 0.29) is 22.9 Å². The summed E-state index contributed by atoms with van der Waals surface area (Å²) in [5, 5.41) is 13.0. The van der Waals surface area contributed by atoms with Crippen LogP contribution in [0.2, 0.25) is 0 Å². The van der Waals surface area contributed by atoms with Crippen LogP contribution in [-0.4, -0.2) is 14.3 Å². The lowest BCUT2D eigenvalue weighted by molar-refractivity contribution is -0.115. The molecule has 0 unspecified atom stereocenters. The largest absolute Gasteiger partial charge is 0.326 e. The highest BCUT2D eigenvalue weighted by molar-refractivity contribution is 8.03. The van der Waals surface area contributed by atoms with Crippen molar-refractivity contribution < 1.29 is 17.6 Å². The van der Waals surface area contributed by atoms with Crippen molar-refractivity contribution in [2.24, 2.45) is 0 Å². The number of carbonyl (C=O) groups is 1. The second kappa shape index (κ2) is 6.14. The molecule has 1 aliphatic heterocycles. The third-order valence-electron chi connectivity index (χ3n) is 3.36. The average Bonchev–Trinajstić information content (AvgIpc) is 2.89. The number of thiocyanates is 1. The number of thioether (sulfide) groups is 1. The number of nitrogens with one attached hydrogen (secondary N) is 2. The third kappa shape index (κ3) is 3.20. The number of benzene rings is 2. The standard InChI is InChI=1S/C15H10FN3O3S2/c16-12-7-10(23-8-17)1-3-14(12)19-24(21,22)11-2-4-13-9(5-11)6-15(20)18-13/h1-5,7,19H,6H2,(H,18,20). The molecule has 0 fully saturated rings. The Morgan fingerprint density at radius 3 is 2.75 bits per heavy atom. The monoisotopic (exact) mass is 363 g/mol. The molecule has 0 spiro atoms. The lowest BCUT2D eigenvalue weighted by Gasteiger charge is -2.10. The van der Waals surface area contributed by atoms with Gasteiger partial charge in [0.15, 0.2) is 0 Å². The fourth-order valence-electron chi connectivity index (χ4n) is 2.27. The minimum absolute atomic E-state index is 0.0624. The predicted molar refractivity (Wildman–Crippen MR) is 87.5 cm³/mol. The Balaban J connectivity index is 1.89. The van der Waals surface area contributed by atoms with Crippen molar-refractivity contribution in [1.29, 1.82) is 5.26 Å². The number of fused-ring (bicyclic) bond motifs is 1. The van der Waals surface area contributed by atoms with E-state index in [2.05, 4.69) is 10.0 Å². The number of hydrogen-bond acceptors (Lipinski definition) is 5. The first kappa shape index (κ1) is 16.3. The van der Waals surface area contributed by atoms with Crippen LogP contribution in [0.1, 0.15) is 5.56 Å². The highest BCUT2D eigenvalue weighted by atomic mass is 32.2. The maximum absolute atomic E-state index is 14.0. The number of hydrogen-bond donors (Lipinski definition) is 2. The van der Waals surface area contributed by atoms with E-state index >= 15 is 0 Å². The molecule has 0 radical (unpaired) electrons. The van der Waals surface area contributed by atoms with Crippen LogP contribution in [0.5, 0.6) is 0 Å². The van der Waals surface area contributed by atoms with Crippen LogP contribution in [0.3, 0.4) is 0 Å². The number of nitriles is 1. The Morgan fingerprint density at radius 2 is 2.04 bits per heavy atom. The van der Waals surface area contributed by atoms with Crippen LogP contribution < -0.4 is 10.0 Å². The van der Waals surface area contributed by atoms with Gasteiger partial charge in [-0.25, -0.2) is 12.8 Å². The van der Waals surface area contributed by atoms with Gasteiger partial charge in [0.25, 0.3) is 10.0 Å². The Kier molecular flexibility index (Phi) is 4.17. The number of amides is 1. The number of anilines is 2. The van der Waals surface area contributed by atoms with E-state index in [0.29, 0.717) is 16.1 Å². The van der Waals surface area contributed by atoms with Crippen molar-refractivity contribution in [3.8, 4) is 5.40 Å². The molecule has 2 aromatic rings. The van der Waals surface area contributed by atoms with Gasteiger partial charge in [0.1, 0.15) is 11.2 Å². The molecule has 0 saturated heterocycles. The Morgan fingerprint density at radius 1 is 1.25 bits per heavy atom. The highest BCUT2D eigenvalue weighted by Crippen LogP contribution is 2.28. The van der Waals surface area contributed by atoms with Crippen LogP contribution in [0, 0.1) is 16.5 Å². The van der Waals surface area contributed by atoms with Gasteiger partial charge in [-0.15, -0.1) is 0 Å². The number of halogens is 1. The molecule has 2 aromatic carbocycles. The average molecular weight is 363 g/mol. The van der Waals surface area contributed by atoms with Crippen LogP contribution >= 0.6 is 11.8 Å². The smallest absolute Gasteiger partial charge is 0.261 e. The van der Waals surface area contributed by atoms with Gasteiger partial charge >= 0.3 is 0 Å². The van der Waals surface area contributed by atoms with E-state index in [1.165, 1.54) is 30.3 Å². The lowest BCUT2D eigenvalue weighted by atomic mass is 10.2. The van der Waals surface area contributed by atoms with Gasteiger partial charge < -0.3 is 5.32 Å². The molecule has 1 amide bonds. The van der Waals surface area contributed by atoms with Gasteiger partial charge in [-0.3, -0.25) is 9.52 Å². The summed E-state index contributed by atoms with van der Waals surface area (Å²) < 4.78 is 41.0. The summed E-state index contributed by atoms with van der Waals surface area (Å²) in [6, 6.07) is 8.00. The molecular weight excluding hydrogens is 353 g/mol. The van der Waals surface area contributed by atoms with E-state index in [0.717, 1.165) is 17.8 Å². The molecule has 0 saturated carbocycles. The summed E-state index contributed by atoms with van der Waals surface area (Å²) in [4.78, 5) is 11.6. The van der Waals surface area contributed by atoms with Gasteiger partial charge in [-0.2, -0.15) is 5.26 Å². The van der Waals surface area contributed by atoms with Gasteiger partial charge in [-0.1, -0.05) is 0 Å². The highest BCUT2D eigenvalue weighted by Gasteiger charge is 2.22. The minimum Gasteiger partial charge on any atom is -0.326 e. The molecule has 9 heteroatoms. The van der Waals surface area contributed by atoms with Gasteiger partial charge in [-0.05, 0) is 53.7 Å². The van der Waals surface area contributed by atoms with E-state index in [4.69, 9.17) is 5.26 Å². The third-order valence-corrected chi connectivity index (χ3v) is 5.30. The summed E-state index contributed by atoms with van der Waals surface area (Å²) in [7, 11) is -4.00. The molecule has 3 rings (SSSR count). The van der Waals surface area contributed by atoms with Crippen LogP contribution in [-0.2, 0) is 21.2 Å². The van der Waals surface area contributed by atoms with Gasteiger partial charge in [0.05, 0.1) is 17.0 Å². The van der Waals surface area contributed by atoms with Gasteiger partial charge in [0.2, 0.25) is 5.91 Å². The summed E-state index contributed by atoms with van der Waals surface area (Å²) in [5.74, 6) is -0.985. The topological polar surface area (TPSA) is 99.1 Å². The summed E-state index contributed by atoms with van der Waals surface area (Å²) in [6.45, 7) is 0. The zero-order valence-electron chi connectivity index (χ0n) is 12.0. The molecule has 122 valence electrons. The first-order chi connectivity index (χ1) is 11.4. The van der Waals surface area contributed by atoms with Crippen molar-refractivity contribution >= 4 is 39.1 Å².